The lowest BCUT2D eigenvalue weighted by atomic mass is 10.2. The summed E-state index contributed by atoms with van der Waals surface area (Å²) in [5, 5.41) is 13.0. The summed E-state index contributed by atoms with van der Waals surface area (Å²) in [6.45, 7) is 3.75. The van der Waals surface area contributed by atoms with Gasteiger partial charge in [-0.3, -0.25) is 0 Å². The van der Waals surface area contributed by atoms with Gasteiger partial charge in [0.1, 0.15) is 5.75 Å². The summed E-state index contributed by atoms with van der Waals surface area (Å²) in [5.74, 6) is 0.186. The van der Waals surface area contributed by atoms with Gasteiger partial charge in [-0.1, -0.05) is 22.0 Å². The van der Waals surface area contributed by atoms with Crippen LogP contribution in [0.4, 0.5) is 0 Å². The highest BCUT2D eigenvalue weighted by Gasteiger charge is 2.14. The van der Waals surface area contributed by atoms with E-state index in [4.69, 9.17) is 9.84 Å². The van der Waals surface area contributed by atoms with Gasteiger partial charge in [0.15, 0.2) is 0 Å². The normalized spacial score (nSPS) is 11.0. The first-order chi connectivity index (χ1) is 9.88. The molecule has 1 N–H and O–H groups in total. The minimum atomic E-state index is -1.01. The van der Waals surface area contributed by atoms with Gasteiger partial charge in [-0.05, 0) is 37.6 Å². The van der Waals surface area contributed by atoms with Gasteiger partial charge in [0.05, 0.1) is 11.3 Å². The zero-order valence-corrected chi connectivity index (χ0v) is 13.5. The van der Waals surface area contributed by atoms with Gasteiger partial charge >= 0.3 is 5.97 Å². The minimum absolute atomic E-state index is 0.506. The number of aliphatic carboxylic acids is 1. The molecule has 21 heavy (non-hydrogen) atoms. The number of carboxylic acids is 1. The summed E-state index contributed by atoms with van der Waals surface area (Å²) in [4.78, 5) is 10.7. The first-order valence-corrected chi connectivity index (χ1v) is 7.06. The number of ether oxygens (including phenoxy) is 1. The van der Waals surface area contributed by atoms with E-state index in [1.165, 1.54) is 6.08 Å². The molecule has 0 bridgehead atoms. The Morgan fingerprint density at radius 2 is 2.14 bits per heavy atom. The van der Waals surface area contributed by atoms with Crippen molar-refractivity contribution >= 4 is 28.0 Å². The maximum Gasteiger partial charge on any atom is 0.328 e. The smallest absolute Gasteiger partial charge is 0.328 e. The molecular weight excluding hydrogens is 336 g/mol. The highest BCUT2D eigenvalue weighted by Crippen LogP contribution is 2.31. The van der Waals surface area contributed by atoms with E-state index < -0.39 is 5.97 Å². The molecule has 2 rings (SSSR count). The maximum atomic E-state index is 10.7. The van der Waals surface area contributed by atoms with Crippen LogP contribution in [0.25, 0.3) is 6.08 Å². The monoisotopic (exact) mass is 350 g/mol. The molecule has 0 aliphatic carbocycles. The topological polar surface area (TPSA) is 64.3 Å². The van der Waals surface area contributed by atoms with Crippen LogP contribution in [0.3, 0.4) is 0 Å². The fraction of sp³-hybridized carbons (Fsp3) is 0.200. The molecule has 2 aromatic rings. The van der Waals surface area contributed by atoms with Gasteiger partial charge < -0.3 is 9.84 Å². The van der Waals surface area contributed by atoms with Crippen LogP contribution in [0.1, 0.15) is 16.8 Å². The Kier molecular flexibility index (Phi) is 4.47. The second-order valence-electron chi connectivity index (χ2n) is 4.61. The van der Waals surface area contributed by atoms with Crippen LogP contribution in [0.5, 0.6) is 11.6 Å². The van der Waals surface area contributed by atoms with Crippen LogP contribution in [-0.4, -0.2) is 20.9 Å². The molecule has 1 heterocycles. The second-order valence-corrected chi connectivity index (χ2v) is 5.53. The number of hydrogen-bond acceptors (Lipinski definition) is 3. The Balaban J connectivity index is 2.44. The van der Waals surface area contributed by atoms with Gasteiger partial charge in [-0.2, -0.15) is 5.10 Å². The van der Waals surface area contributed by atoms with Crippen molar-refractivity contribution in [3.8, 4) is 11.6 Å². The Morgan fingerprint density at radius 3 is 2.81 bits per heavy atom. The standard InChI is InChI=1S/C15H15BrN2O3/c1-9-4-5-11(16)8-13(9)21-15-12(6-7-14(19)20)10(2)17-18(15)3/h4-8H,1-3H3,(H,19,20)/b7-6+. The Labute approximate surface area is 131 Å². The molecule has 0 spiro atoms. The number of carboxylic acid groups (broad SMARTS) is 1. The van der Waals surface area contributed by atoms with E-state index in [1.54, 1.807) is 11.7 Å². The number of benzene rings is 1. The fourth-order valence-corrected chi connectivity index (χ4v) is 2.25. The number of hydrogen-bond donors (Lipinski definition) is 1. The Bertz CT molecular complexity index is 720. The van der Waals surface area contributed by atoms with Gasteiger partial charge in [-0.25, -0.2) is 9.48 Å². The number of nitrogens with zero attached hydrogens (tertiary/aromatic N) is 2. The van der Waals surface area contributed by atoms with Crippen molar-refractivity contribution in [2.75, 3.05) is 0 Å². The zero-order valence-electron chi connectivity index (χ0n) is 11.9. The third kappa shape index (κ3) is 3.52. The van der Waals surface area contributed by atoms with E-state index in [9.17, 15) is 4.79 Å². The van der Waals surface area contributed by atoms with Crippen LogP contribution in [0.2, 0.25) is 0 Å². The Morgan fingerprint density at radius 1 is 1.43 bits per heavy atom. The van der Waals surface area contributed by atoms with Crippen LogP contribution in [0.15, 0.2) is 28.7 Å². The summed E-state index contributed by atoms with van der Waals surface area (Å²) in [7, 11) is 1.76. The van der Waals surface area contributed by atoms with E-state index in [-0.39, 0.29) is 0 Å². The number of aromatic nitrogens is 2. The highest BCUT2D eigenvalue weighted by atomic mass is 79.9. The predicted molar refractivity (Wildman–Crippen MR) is 83.6 cm³/mol. The molecular formula is C15H15BrN2O3. The third-order valence-corrected chi connectivity index (χ3v) is 3.46. The lowest BCUT2D eigenvalue weighted by molar-refractivity contribution is -0.131. The van der Waals surface area contributed by atoms with E-state index in [1.807, 2.05) is 32.0 Å². The molecule has 0 aliphatic rings. The molecule has 0 radical (unpaired) electrons. The van der Waals surface area contributed by atoms with Gasteiger partial charge in [0, 0.05) is 17.6 Å². The van der Waals surface area contributed by atoms with Gasteiger partial charge in [-0.15, -0.1) is 0 Å². The first kappa shape index (κ1) is 15.3. The van der Waals surface area contributed by atoms with E-state index in [0.717, 1.165) is 16.1 Å². The molecule has 0 amide bonds. The van der Waals surface area contributed by atoms with Crippen LogP contribution < -0.4 is 4.74 Å². The number of halogens is 1. The largest absolute Gasteiger partial charge is 0.478 e. The van der Waals surface area contributed by atoms with Gasteiger partial charge in [0.25, 0.3) is 0 Å². The highest BCUT2D eigenvalue weighted by molar-refractivity contribution is 9.10. The molecule has 1 aromatic heterocycles. The maximum absolute atomic E-state index is 10.7. The quantitative estimate of drug-likeness (QED) is 0.854. The van der Waals surface area contributed by atoms with Gasteiger partial charge in [0.2, 0.25) is 5.88 Å². The molecule has 0 atom stereocenters. The Hall–Kier alpha value is -2.08. The van der Waals surface area contributed by atoms with E-state index in [0.29, 0.717) is 22.9 Å². The lowest BCUT2D eigenvalue weighted by Crippen LogP contribution is -1.97. The van der Waals surface area contributed by atoms with E-state index in [2.05, 4.69) is 21.0 Å². The molecule has 1 aromatic carbocycles. The first-order valence-electron chi connectivity index (χ1n) is 6.27. The van der Waals surface area contributed by atoms with Crippen molar-refractivity contribution in [1.29, 1.82) is 0 Å². The summed E-state index contributed by atoms with van der Waals surface area (Å²) in [5.41, 5.74) is 2.34. The number of carbonyl (C=O) groups is 1. The molecule has 0 fully saturated rings. The summed E-state index contributed by atoms with van der Waals surface area (Å²) in [6, 6.07) is 5.74. The molecule has 0 saturated carbocycles. The number of rotatable bonds is 4. The van der Waals surface area contributed by atoms with Crippen molar-refractivity contribution < 1.29 is 14.6 Å². The summed E-state index contributed by atoms with van der Waals surface area (Å²) < 4.78 is 8.43. The summed E-state index contributed by atoms with van der Waals surface area (Å²) in [6.07, 6.45) is 2.57. The van der Waals surface area contributed by atoms with Crippen molar-refractivity contribution in [1.82, 2.24) is 9.78 Å². The lowest BCUT2D eigenvalue weighted by Gasteiger charge is -2.10. The molecule has 5 nitrogen and oxygen atoms in total. The second kappa shape index (κ2) is 6.13. The fourth-order valence-electron chi connectivity index (χ4n) is 1.91. The molecule has 0 unspecified atom stereocenters. The molecule has 110 valence electrons. The van der Waals surface area contributed by atoms with Crippen LogP contribution >= 0.6 is 15.9 Å². The molecule has 0 aliphatic heterocycles. The van der Waals surface area contributed by atoms with Crippen molar-refractivity contribution in [2.24, 2.45) is 7.05 Å². The average Bonchev–Trinajstić information content (AvgIpc) is 2.66. The average molecular weight is 351 g/mol. The van der Waals surface area contributed by atoms with Crippen molar-refractivity contribution in [3.63, 3.8) is 0 Å². The van der Waals surface area contributed by atoms with Crippen molar-refractivity contribution in [2.45, 2.75) is 13.8 Å². The molecule has 0 saturated heterocycles. The third-order valence-electron chi connectivity index (χ3n) is 2.96. The van der Waals surface area contributed by atoms with Crippen LogP contribution in [-0.2, 0) is 11.8 Å². The van der Waals surface area contributed by atoms with Crippen LogP contribution in [0, 0.1) is 13.8 Å². The predicted octanol–water partition coefficient (Wildman–Crippen LogP) is 3.69. The number of aryl methyl sites for hydroxylation is 3. The minimum Gasteiger partial charge on any atom is -0.478 e. The SMILES string of the molecule is Cc1ccc(Br)cc1Oc1c(/C=C/C(=O)O)c(C)nn1C. The van der Waals surface area contributed by atoms with E-state index >= 15 is 0 Å². The zero-order chi connectivity index (χ0) is 15.6. The van der Waals surface area contributed by atoms with Crippen molar-refractivity contribution in [3.05, 3.63) is 45.6 Å². The summed E-state index contributed by atoms with van der Waals surface area (Å²) >= 11 is 3.41. The molecule has 6 heteroatoms.